The average Bonchev–Trinajstić information content (AvgIpc) is 2.22. The van der Waals surface area contributed by atoms with Gasteiger partial charge in [-0.05, 0) is 108 Å². The molecule has 3 aliphatic rings. The molecule has 18 nitrogen and oxygen atoms in total. The van der Waals surface area contributed by atoms with Gasteiger partial charge in [-0.1, -0.05) is 82.8 Å². The Bertz CT molecular complexity index is 2850. The van der Waals surface area contributed by atoms with Crippen LogP contribution in [-0.4, -0.2) is 188 Å². The van der Waals surface area contributed by atoms with Gasteiger partial charge in [0, 0.05) is 135 Å². The van der Waals surface area contributed by atoms with E-state index in [0.29, 0.717) is 158 Å². The van der Waals surface area contributed by atoms with E-state index in [9.17, 15) is 24.0 Å². The molecule has 3 atom stereocenters. The molecule has 3 heterocycles. The normalized spacial score (nSPS) is 16.6. The molecule has 0 saturated carbocycles. The number of nitrogens with two attached hydrogens (primary N) is 1. The molecular formula is C63H83Cl4N7O11. The molecule has 3 unspecified atom stereocenters. The smallest absolute Gasteiger partial charge is 0.254 e. The summed E-state index contributed by atoms with van der Waals surface area (Å²) in [6, 6.07) is 22.1. The lowest BCUT2D eigenvalue weighted by molar-refractivity contribution is -0.130. The molecule has 3 aliphatic heterocycles. The highest BCUT2D eigenvalue weighted by molar-refractivity contribution is 6.35. The molecule has 0 saturated heterocycles. The number of ether oxygens (including phenoxy) is 6. The van der Waals surface area contributed by atoms with E-state index in [2.05, 4.69) is 64.9 Å². The zero-order valence-electron chi connectivity index (χ0n) is 49.3. The van der Waals surface area contributed by atoms with Gasteiger partial charge in [0.1, 0.15) is 6.29 Å². The summed E-state index contributed by atoms with van der Waals surface area (Å²) in [5, 5.41) is 8.25. The van der Waals surface area contributed by atoms with Crippen LogP contribution in [0.15, 0.2) is 66.7 Å². The molecule has 4 amide bonds. The van der Waals surface area contributed by atoms with Crippen molar-refractivity contribution in [2.24, 2.45) is 5.73 Å². The number of aldehydes is 1. The van der Waals surface area contributed by atoms with Crippen LogP contribution in [0.4, 0.5) is 0 Å². The summed E-state index contributed by atoms with van der Waals surface area (Å²) in [5.41, 5.74) is 15.2. The number of hydrogen-bond donors (Lipinski definition) is 3. The molecule has 22 heteroatoms. The summed E-state index contributed by atoms with van der Waals surface area (Å²) < 4.78 is 34.0. The van der Waals surface area contributed by atoms with Crippen LogP contribution in [-0.2, 0) is 73.8 Å². The van der Waals surface area contributed by atoms with Crippen LogP contribution in [0.3, 0.4) is 0 Å². The quantitative estimate of drug-likeness (QED) is 0.0289. The number of nitrogens with one attached hydrogen (secondary N) is 2. The Morgan fingerprint density at radius 2 is 1.12 bits per heavy atom. The van der Waals surface area contributed by atoms with Crippen LogP contribution in [0.1, 0.15) is 112 Å². The monoisotopic (exact) mass is 1250 g/mol. The molecule has 0 fully saturated rings. The lowest BCUT2D eigenvalue weighted by atomic mass is 9.84. The number of halogens is 4. The highest BCUT2D eigenvalue weighted by Gasteiger charge is 2.33. The van der Waals surface area contributed by atoms with Gasteiger partial charge in [0.2, 0.25) is 17.7 Å². The maximum atomic E-state index is 13.4. The highest BCUT2D eigenvalue weighted by Crippen LogP contribution is 2.41. The van der Waals surface area contributed by atoms with Crippen LogP contribution in [0.2, 0.25) is 20.1 Å². The Morgan fingerprint density at radius 1 is 0.635 bits per heavy atom. The molecule has 0 aromatic heterocycles. The molecule has 4 aromatic carbocycles. The number of fused-ring (bicyclic) bond motifs is 3. The van der Waals surface area contributed by atoms with Gasteiger partial charge in [0.15, 0.2) is 0 Å². The average molecular weight is 1260 g/mol. The van der Waals surface area contributed by atoms with E-state index in [1.54, 1.807) is 28.9 Å². The van der Waals surface area contributed by atoms with Crippen molar-refractivity contribution in [1.82, 2.24) is 30.2 Å². The summed E-state index contributed by atoms with van der Waals surface area (Å²) in [5.74, 6) is -0.251. The van der Waals surface area contributed by atoms with Gasteiger partial charge in [-0.2, -0.15) is 0 Å². The third-order valence-corrected chi connectivity index (χ3v) is 16.8. The number of hydrogen-bond acceptors (Lipinski definition) is 14. The molecule has 85 heavy (non-hydrogen) atoms. The fraction of sp³-hybridized carbons (Fsp3) is 0.540. The number of carbonyl (C=O) groups is 5. The van der Waals surface area contributed by atoms with Crippen molar-refractivity contribution in [2.45, 2.75) is 89.0 Å². The summed E-state index contributed by atoms with van der Waals surface area (Å²) in [7, 11) is 4.16. The number of carbonyl (C=O) groups excluding carboxylic acids is 5. The van der Waals surface area contributed by atoms with Crippen molar-refractivity contribution in [2.75, 3.05) is 133 Å². The zero-order valence-corrected chi connectivity index (χ0v) is 52.3. The minimum absolute atomic E-state index is 0.00523. The van der Waals surface area contributed by atoms with Gasteiger partial charge in [-0.3, -0.25) is 19.2 Å². The standard InChI is InChI=1S/C63H83Cl4N7O11/c1-44(76)73(38-45-5-7-46(8-6-45)54-40-71(2)42-56-52(54)34-49(64)36-58(56)66)18-23-82-27-31-84-29-25-80-21-16-69-60(77)11-14-63(68,13-4-20-75)15-12-61(78)70-17-22-81-26-30-85-32-28-83-24-19-74-39-48-10-9-47(33-51(48)62(74)79)55-41-72(3)43-57-53(55)35-50(65)37-59(57)67/h5-10,20,33-37,54-55H,4,11-19,21-32,38-43,68H2,1-3H3,(H,69,77)(H,70,78). The fourth-order valence-electron chi connectivity index (χ4n) is 11.0. The third-order valence-electron chi connectivity index (χ3n) is 15.7. The minimum atomic E-state index is -0.868. The van der Waals surface area contributed by atoms with E-state index in [4.69, 9.17) is 80.6 Å². The lowest BCUT2D eigenvalue weighted by Gasteiger charge is -2.33. The molecular weight excluding hydrogens is 1170 g/mol. The second kappa shape index (κ2) is 34.7. The van der Waals surface area contributed by atoms with Gasteiger partial charge in [-0.25, -0.2) is 0 Å². The molecule has 0 radical (unpaired) electrons. The van der Waals surface area contributed by atoms with Crippen molar-refractivity contribution in [3.63, 3.8) is 0 Å². The van der Waals surface area contributed by atoms with E-state index in [1.165, 1.54) is 5.56 Å². The lowest BCUT2D eigenvalue weighted by Crippen LogP contribution is -2.43. The second-order valence-corrected chi connectivity index (χ2v) is 23.9. The number of likely N-dealkylation sites (N-methyl/N-ethyl adjacent to an activating group) is 2. The molecule has 7 rings (SSSR count). The SMILES string of the molecule is CC(=O)N(CCOCCOCCOCCNC(=O)CCC(N)(CCC=O)CCC(=O)NCCOCCOCCOCCN1Cc2ccc(C3CN(C)Cc4c(Cl)cc(Cl)cc43)cc2C1=O)Cc1ccc(C2CN(C)Cc3c(Cl)cc(Cl)cc32)cc1. The summed E-state index contributed by atoms with van der Waals surface area (Å²) in [6.07, 6.45) is 2.26. The second-order valence-electron chi connectivity index (χ2n) is 22.2. The number of amides is 4. The fourth-order valence-corrected chi connectivity index (χ4v) is 12.2. The van der Waals surface area contributed by atoms with Crippen LogP contribution in [0.25, 0.3) is 0 Å². The first-order valence-corrected chi connectivity index (χ1v) is 30.8. The summed E-state index contributed by atoms with van der Waals surface area (Å²) >= 11 is 25.9. The van der Waals surface area contributed by atoms with Gasteiger partial charge in [0.25, 0.3) is 5.91 Å². The first-order valence-electron chi connectivity index (χ1n) is 29.3. The topological polar surface area (TPSA) is 204 Å². The first-order chi connectivity index (χ1) is 41.0. The van der Waals surface area contributed by atoms with Gasteiger partial charge >= 0.3 is 0 Å². The molecule has 0 bridgehead atoms. The highest BCUT2D eigenvalue weighted by atomic mass is 35.5. The zero-order chi connectivity index (χ0) is 60.7. The van der Waals surface area contributed by atoms with E-state index in [-0.39, 0.29) is 54.7 Å². The minimum Gasteiger partial charge on any atom is -0.377 e. The maximum absolute atomic E-state index is 13.4. The molecule has 0 spiro atoms. The van der Waals surface area contributed by atoms with Crippen LogP contribution >= 0.6 is 46.4 Å². The predicted octanol–water partition coefficient (Wildman–Crippen LogP) is 8.03. The third kappa shape index (κ3) is 21.2. The Hall–Kier alpha value is -4.77. The summed E-state index contributed by atoms with van der Waals surface area (Å²) in [4.78, 5) is 70.5. The van der Waals surface area contributed by atoms with Crippen molar-refractivity contribution in [3.05, 3.63) is 137 Å². The molecule has 464 valence electrons. The van der Waals surface area contributed by atoms with E-state index < -0.39 is 5.54 Å². The van der Waals surface area contributed by atoms with E-state index in [0.717, 1.165) is 77.0 Å². The number of benzene rings is 4. The van der Waals surface area contributed by atoms with Crippen LogP contribution in [0.5, 0.6) is 0 Å². The van der Waals surface area contributed by atoms with Gasteiger partial charge in [-0.15, -0.1) is 0 Å². The predicted molar refractivity (Wildman–Crippen MR) is 330 cm³/mol. The molecule has 0 aliphatic carbocycles. The largest absolute Gasteiger partial charge is 0.377 e. The van der Waals surface area contributed by atoms with Crippen molar-refractivity contribution in [3.8, 4) is 0 Å². The Morgan fingerprint density at radius 3 is 1.64 bits per heavy atom. The van der Waals surface area contributed by atoms with Crippen molar-refractivity contribution in [1.29, 1.82) is 0 Å². The van der Waals surface area contributed by atoms with Gasteiger partial charge < -0.3 is 69.2 Å². The van der Waals surface area contributed by atoms with Crippen molar-refractivity contribution < 1.29 is 52.4 Å². The maximum Gasteiger partial charge on any atom is 0.254 e. The van der Waals surface area contributed by atoms with Crippen molar-refractivity contribution >= 4 is 76.3 Å². The number of nitrogens with zero attached hydrogens (tertiary/aromatic N) is 4. The Balaban J connectivity index is 0.651. The van der Waals surface area contributed by atoms with Crippen LogP contribution < -0.4 is 16.4 Å². The van der Waals surface area contributed by atoms with E-state index >= 15 is 0 Å². The Labute approximate surface area is 520 Å². The Kier molecular flexibility index (Phi) is 27.6. The van der Waals surface area contributed by atoms with Crippen LogP contribution in [0, 0.1) is 0 Å². The van der Waals surface area contributed by atoms with Gasteiger partial charge in [0.05, 0.1) is 79.3 Å². The number of rotatable bonds is 37. The summed E-state index contributed by atoms with van der Waals surface area (Å²) in [6.45, 7) is 11.4. The van der Waals surface area contributed by atoms with E-state index in [1.807, 2.05) is 24.3 Å². The first kappa shape index (κ1) is 67.7. The molecule has 4 N–H and O–H groups in total. The molecule has 4 aromatic rings.